The van der Waals surface area contributed by atoms with Crippen LogP contribution >= 0.6 is 0 Å². The predicted octanol–water partition coefficient (Wildman–Crippen LogP) is 3.02. The van der Waals surface area contributed by atoms with Crippen molar-refractivity contribution in [2.24, 2.45) is 0 Å². The molecule has 0 atom stereocenters. The first kappa shape index (κ1) is 22.7. The summed E-state index contributed by atoms with van der Waals surface area (Å²) in [5.41, 5.74) is 4.01. The molecule has 1 aromatic rings. The third kappa shape index (κ3) is 7.50. The van der Waals surface area contributed by atoms with Gasteiger partial charge in [-0.1, -0.05) is 43.3 Å². The quantitative estimate of drug-likeness (QED) is 0.562. The van der Waals surface area contributed by atoms with Crippen molar-refractivity contribution in [3.63, 3.8) is 0 Å². The standard InChI is InChI=1S/C18H22N2O.C4H6N2O/c1-4-8-17-16(18(21)19-3)11-14(2)12-20(17)13-15-9-6-5-7-10-15;5-2-1-3-6-4-7/h5-12H,4,13H2,1-3H3,(H,19,21);4H,1,3H2,(H,6,7)/b17-8+;. The van der Waals surface area contributed by atoms with Crippen LogP contribution in [0, 0.1) is 11.3 Å². The SMILES string of the molecule is CC/C=C1\C(C(=O)NC)=CC(C)=CN1Cc1ccccc1.N#CCCNC=O. The zero-order valence-electron chi connectivity index (χ0n) is 16.7. The number of carbonyl (C=O) groups is 2. The van der Waals surface area contributed by atoms with Crippen molar-refractivity contribution in [3.05, 3.63) is 71.1 Å². The van der Waals surface area contributed by atoms with E-state index < -0.39 is 0 Å². The highest BCUT2D eigenvalue weighted by molar-refractivity contribution is 5.98. The number of nitrogens with zero attached hydrogens (tertiary/aromatic N) is 2. The molecule has 6 heteroatoms. The lowest BCUT2D eigenvalue weighted by atomic mass is 10.0. The van der Waals surface area contributed by atoms with Gasteiger partial charge in [0.05, 0.1) is 18.1 Å². The summed E-state index contributed by atoms with van der Waals surface area (Å²) < 4.78 is 0. The summed E-state index contributed by atoms with van der Waals surface area (Å²) in [6, 6.07) is 12.2. The number of amides is 2. The van der Waals surface area contributed by atoms with E-state index in [1.165, 1.54) is 5.56 Å². The van der Waals surface area contributed by atoms with Gasteiger partial charge in [0.1, 0.15) is 0 Å². The van der Waals surface area contributed by atoms with Crippen LogP contribution < -0.4 is 10.6 Å². The van der Waals surface area contributed by atoms with E-state index in [1.54, 1.807) is 7.05 Å². The number of hydrogen-bond acceptors (Lipinski definition) is 4. The number of allylic oxidation sites excluding steroid dienone is 3. The van der Waals surface area contributed by atoms with E-state index in [0.29, 0.717) is 19.4 Å². The largest absolute Gasteiger partial charge is 0.358 e. The molecular weight excluding hydrogens is 352 g/mol. The fraction of sp³-hybridized carbons (Fsp3) is 0.318. The molecule has 0 spiro atoms. The van der Waals surface area contributed by atoms with Crippen LogP contribution in [0.25, 0.3) is 0 Å². The molecule has 0 unspecified atom stereocenters. The second-order valence-corrected chi connectivity index (χ2v) is 6.10. The molecule has 1 aliphatic rings. The third-order valence-corrected chi connectivity index (χ3v) is 3.85. The molecule has 0 saturated heterocycles. The number of rotatable bonds is 7. The molecule has 1 aromatic carbocycles. The molecule has 0 radical (unpaired) electrons. The Labute approximate surface area is 167 Å². The van der Waals surface area contributed by atoms with E-state index in [1.807, 2.05) is 37.3 Å². The van der Waals surface area contributed by atoms with Crippen molar-refractivity contribution in [2.45, 2.75) is 33.2 Å². The zero-order chi connectivity index (χ0) is 20.8. The van der Waals surface area contributed by atoms with Crippen LogP contribution in [0.3, 0.4) is 0 Å². The number of likely N-dealkylation sites (N-methyl/N-ethyl adjacent to an activating group) is 1. The van der Waals surface area contributed by atoms with Gasteiger partial charge in [-0.15, -0.1) is 0 Å². The molecule has 2 N–H and O–H groups in total. The lowest BCUT2D eigenvalue weighted by Gasteiger charge is -2.29. The van der Waals surface area contributed by atoms with Crippen molar-refractivity contribution in [2.75, 3.05) is 13.6 Å². The average Bonchev–Trinajstić information content (AvgIpc) is 2.71. The van der Waals surface area contributed by atoms with Crippen molar-refractivity contribution >= 4 is 12.3 Å². The van der Waals surface area contributed by atoms with Crippen LogP contribution in [0.4, 0.5) is 0 Å². The second kappa shape index (κ2) is 12.9. The molecular formula is C22H28N4O2. The molecule has 6 nitrogen and oxygen atoms in total. The van der Waals surface area contributed by atoms with Gasteiger partial charge in [0.25, 0.3) is 5.91 Å². The van der Waals surface area contributed by atoms with Gasteiger partial charge in [-0.3, -0.25) is 9.59 Å². The van der Waals surface area contributed by atoms with Gasteiger partial charge in [0, 0.05) is 32.0 Å². The molecule has 2 rings (SSSR count). The summed E-state index contributed by atoms with van der Waals surface area (Å²) in [5, 5.41) is 13.0. The Kier molecular flexibility index (Phi) is 10.5. The average molecular weight is 380 g/mol. The van der Waals surface area contributed by atoms with Crippen LogP contribution in [0.1, 0.15) is 32.3 Å². The number of benzene rings is 1. The van der Waals surface area contributed by atoms with E-state index in [-0.39, 0.29) is 5.91 Å². The Morgan fingerprint density at radius 2 is 2.00 bits per heavy atom. The van der Waals surface area contributed by atoms with Crippen LogP contribution in [0.15, 0.2) is 65.5 Å². The fourth-order valence-electron chi connectivity index (χ4n) is 2.64. The maximum atomic E-state index is 12.1. The Hall–Kier alpha value is -3.33. The minimum absolute atomic E-state index is 0.0415. The van der Waals surface area contributed by atoms with Gasteiger partial charge in [-0.05, 0) is 30.6 Å². The van der Waals surface area contributed by atoms with E-state index in [4.69, 9.17) is 5.26 Å². The number of hydrogen-bond donors (Lipinski definition) is 2. The highest BCUT2D eigenvalue weighted by Gasteiger charge is 2.21. The second-order valence-electron chi connectivity index (χ2n) is 6.10. The summed E-state index contributed by atoms with van der Waals surface area (Å²) in [6.45, 7) is 5.32. The molecule has 0 bridgehead atoms. The van der Waals surface area contributed by atoms with Gasteiger partial charge < -0.3 is 15.5 Å². The molecule has 1 aliphatic heterocycles. The minimum atomic E-state index is -0.0415. The molecule has 0 aliphatic carbocycles. The van der Waals surface area contributed by atoms with Gasteiger partial charge in [-0.25, -0.2) is 0 Å². The first-order valence-electron chi connectivity index (χ1n) is 9.24. The summed E-state index contributed by atoms with van der Waals surface area (Å²) >= 11 is 0. The maximum Gasteiger partial charge on any atom is 0.253 e. The van der Waals surface area contributed by atoms with Crippen molar-refractivity contribution in [3.8, 4) is 6.07 Å². The van der Waals surface area contributed by atoms with Gasteiger partial charge >= 0.3 is 0 Å². The maximum absolute atomic E-state index is 12.1. The number of carbonyl (C=O) groups excluding carboxylic acids is 2. The van der Waals surface area contributed by atoms with Crippen LogP contribution in [-0.4, -0.2) is 30.8 Å². The van der Waals surface area contributed by atoms with Crippen LogP contribution in [0.5, 0.6) is 0 Å². The first-order chi connectivity index (χ1) is 13.6. The van der Waals surface area contributed by atoms with E-state index in [0.717, 1.165) is 29.8 Å². The molecule has 28 heavy (non-hydrogen) atoms. The smallest absolute Gasteiger partial charge is 0.253 e. The Bertz CT molecular complexity index is 773. The fourth-order valence-corrected chi connectivity index (χ4v) is 2.64. The molecule has 1 heterocycles. The highest BCUT2D eigenvalue weighted by Crippen LogP contribution is 2.26. The summed E-state index contributed by atoms with van der Waals surface area (Å²) in [5.74, 6) is -0.0415. The molecule has 148 valence electrons. The van der Waals surface area contributed by atoms with Crippen LogP contribution in [0.2, 0.25) is 0 Å². The first-order valence-corrected chi connectivity index (χ1v) is 9.24. The van der Waals surface area contributed by atoms with Crippen molar-refractivity contribution in [1.29, 1.82) is 5.26 Å². The topological polar surface area (TPSA) is 85.2 Å². The molecule has 2 amide bonds. The molecule has 0 saturated carbocycles. The lowest BCUT2D eigenvalue weighted by Crippen LogP contribution is -2.29. The molecule has 0 aromatic heterocycles. The minimum Gasteiger partial charge on any atom is -0.358 e. The van der Waals surface area contributed by atoms with Gasteiger partial charge in [0.15, 0.2) is 0 Å². The third-order valence-electron chi connectivity index (χ3n) is 3.85. The van der Waals surface area contributed by atoms with Crippen LogP contribution in [-0.2, 0) is 16.1 Å². The van der Waals surface area contributed by atoms with E-state index in [9.17, 15) is 9.59 Å². The molecule has 0 fully saturated rings. The van der Waals surface area contributed by atoms with Crippen molar-refractivity contribution < 1.29 is 9.59 Å². The summed E-state index contributed by atoms with van der Waals surface area (Å²) in [4.78, 5) is 23.7. The zero-order valence-corrected chi connectivity index (χ0v) is 16.7. The normalized spacial score (nSPS) is 14.1. The van der Waals surface area contributed by atoms with E-state index >= 15 is 0 Å². The Balaban J connectivity index is 0.000000480. The van der Waals surface area contributed by atoms with Gasteiger partial charge in [-0.2, -0.15) is 5.26 Å². The number of nitrogens with one attached hydrogen (secondary N) is 2. The van der Waals surface area contributed by atoms with Crippen molar-refractivity contribution in [1.82, 2.24) is 15.5 Å². The van der Waals surface area contributed by atoms with Gasteiger partial charge in [0.2, 0.25) is 6.41 Å². The number of nitriles is 1. The summed E-state index contributed by atoms with van der Waals surface area (Å²) in [7, 11) is 1.67. The lowest BCUT2D eigenvalue weighted by molar-refractivity contribution is -0.117. The summed E-state index contributed by atoms with van der Waals surface area (Å²) in [6.07, 6.45) is 8.01. The highest BCUT2D eigenvalue weighted by atomic mass is 16.1. The Morgan fingerprint density at radius 1 is 1.29 bits per heavy atom. The Morgan fingerprint density at radius 3 is 2.57 bits per heavy atom. The monoisotopic (exact) mass is 380 g/mol. The van der Waals surface area contributed by atoms with E-state index in [2.05, 4.69) is 46.9 Å². The predicted molar refractivity (Wildman–Crippen MR) is 111 cm³/mol.